The van der Waals surface area contributed by atoms with Crippen molar-refractivity contribution in [1.29, 1.82) is 0 Å². The monoisotopic (exact) mass is 443 g/mol. The van der Waals surface area contributed by atoms with Gasteiger partial charge in [-0.25, -0.2) is 0 Å². The highest BCUT2D eigenvalue weighted by Crippen LogP contribution is 2.16. The summed E-state index contributed by atoms with van der Waals surface area (Å²) in [5.74, 6) is -0.394. The number of nitrogens with zero attached hydrogens (tertiary/aromatic N) is 3. The third kappa shape index (κ3) is 6.40. The van der Waals surface area contributed by atoms with Crippen LogP contribution in [0, 0.1) is 0 Å². The molecule has 0 atom stereocenters. The zero-order valence-corrected chi connectivity index (χ0v) is 18.6. The predicted molar refractivity (Wildman–Crippen MR) is 131 cm³/mol. The van der Waals surface area contributed by atoms with Gasteiger partial charge >= 0.3 is 0 Å². The Balaban J connectivity index is 1.18. The van der Waals surface area contributed by atoms with Gasteiger partial charge in [-0.3, -0.25) is 19.5 Å². The minimum absolute atomic E-state index is 0.138. The van der Waals surface area contributed by atoms with Crippen molar-refractivity contribution in [3.63, 3.8) is 0 Å². The highest BCUT2D eigenvalue weighted by molar-refractivity contribution is 6.04. The molecule has 0 bridgehead atoms. The number of anilines is 2. The largest absolute Gasteiger partial charge is 0.369 e. The topological polar surface area (TPSA) is 77.6 Å². The van der Waals surface area contributed by atoms with Crippen molar-refractivity contribution >= 4 is 23.2 Å². The van der Waals surface area contributed by atoms with Crippen LogP contribution in [0.2, 0.25) is 0 Å². The lowest BCUT2D eigenvalue weighted by atomic mass is 10.1. The van der Waals surface area contributed by atoms with Gasteiger partial charge in [0.1, 0.15) is 0 Å². The molecular formula is C26H29N5O2. The molecule has 2 N–H and O–H groups in total. The van der Waals surface area contributed by atoms with Crippen LogP contribution in [0.1, 0.15) is 27.1 Å². The quantitative estimate of drug-likeness (QED) is 0.523. The van der Waals surface area contributed by atoms with E-state index in [1.807, 2.05) is 6.07 Å². The van der Waals surface area contributed by atoms with E-state index in [2.05, 4.69) is 49.7 Å². The van der Waals surface area contributed by atoms with Crippen LogP contribution in [0.25, 0.3) is 0 Å². The predicted octanol–water partition coefficient (Wildman–Crippen LogP) is 3.28. The van der Waals surface area contributed by atoms with Gasteiger partial charge in [-0.05, 0) is 55.4 Å². The average molecular weight is 444 g/mol. The molecule has 2 amide bonds. The van der Waals surface area contributed by atoms with Crippen molar-refractivity contribution in [3.8, 4) is 0 Å². The van der Waals surface area contributed by atoms with Crippen molar-refractivity contribution < 1.29 is 9.59 Å². The molecule has 7 heteroatoms. The molecule has 0 spiro atoms. The highest BCUT2D eigenvalue weighted by Gasteiger charge is 2.16. The number of hydrogen-bond acceptors (Lipinski definition) is 5. The molecule has 1 fully saturated rings. The minimum Gasteiger partial charge on any atom is -0.369 e. The first-order chi connectivity index (χ1) is 16.2. The Kier molecular flexibility index (Phi) is 7.66. The van der Waals surface area contributed by atoms with E-state index in [4.69, 9.17) is 0 Å². The van der Waals surface area contributed by atoms with Gasteiger partial charge < -0.3 is 15.5 Å². The van der Waals surface area contributed by atoms with Crippen LogP contribution in [-0.2, 0) is 0 Å². The Morgan fingerprint density at radius 2 is 1.64 bits per heavy atom. The molecule has 1 saturated heterocycles. The van der Waals surface area contributed by atoms with Gasteiger partial charge in [-0.15, -0.1) is 0 Å². The molecule has 0 aliphatic carbocycles. The van der Waals surface area contributed by atoms with Gasteiger partial charge in [-0.2, -0.15) is 0 Å². The van der Waals surface area contributed by atoms with Crippen LogP contribution >= 0.6 is 0 Å². The zero-order chi connectivity index (χ0) is 22.9. The first kappa shape index (κ1) is 22.5. The molecule has 2 aromatic carbocycles. The maximum atomic E-state index is 12.5. The Labute approximate surface area is 194 Å². The third-order valence-electron chi connectivity index (χ3n) is 5.74. The standard InChI is InChI=1S/C26H29N5O2/c32-25(21-7-4-9-23(19-21)29-26(33)22-8-5-12-27-20-22)28-13-6-14-30-15-17-31(18-16-30)24-10-2-1-3-11-24/h1-5,7-12,19-20H,6,13-18H2,(H,28,32)(H,29,33). The SMILES string of the molecule is O=C(NCCCN1CCN(c2ccccc2)CC1)c1cccc(NC(=O)c2cccnc2)c1. The van der Waals surface area contributed by atoms with E-state index in [0.717, 1.165) is 39.1 Å². The molecule has 2 heterocycles. The van der Waals surface area contributed by atoms with E-state index in [0.29, 0.717) is 23.4 Å². The molecule has 3 aromatic rings. The number of para-hydroxylation sites is 1. The number of amides is 2. The second-order valence-corrected chi connectivity index (χ2v) is 8.05. The Morgan fingerprint density at radius 3 is 2.39 bits per heavy atom. The molecular weight excluding hydrogens is 414 g/mol. The van der Waals surface area contributed by atoms with Gasteiger partial charge in [0.25, 0.3) is 11.8 Å². The van der Waals surface area contributed by atoms with E-state index >= 15 is 0 Å². The number of aromatic nitrogens is 1. The van der Waals surface area contributed by atoms with Crippen LogP contribution in [0.5, 0.6) is 0 Å². The highest BCUT2D eigenvalue weighted by atomic mass is 16.2. The molecule has 0 saturated carbocycles. The van der Waals surface area contributed by atoms with Crippen LogP contribution in [-0.4, -0.2) is 61.0 Å². The first-order valence-electron chi connectivity index (χ1n) is 11.3. The van der Waals surface area contributed by atoms with Gasteiger partial charge in [0.2, 0.25) is 0 Å². The number of rotatable bonds is 8. The van der Waals surface area contributed by atoms with E-state index in [9.17, 15) is 9.59 Å². The summed E-state index contributed by atoms with van der Waals surface area (Å²) in [6.07, 6.45) is 4.02. The molecule has 0 unspecified atom stereocenters. The summed E-state index contributed by atoms with van der Waals surface area (Å²) in [5, 5.41) is 5.80. The zero-order valence-electron chi connectivity index (χ0n) is 18.6. The number of nitrogens with one attached hydrogen (secondary N) is 2. The molecule has 1 aliphatic rings. The number of piperazine rings is 1. The van der Waals surface area contributed by atoms with Crippen LogP contribution < -0.4 is 15.5 Å². The fraction of sp³-hybridized carbons (Fsp3) is 0.269. The van der Waals surface area contributed by atoms with Crippen molar-refractivity contribution in [2.45, 2.75) is 6.42 Å². The lowest BCUT2D eigenvalue weighted by Crippen LogP contribution is -2.47. The Morgan fingerprint density at radius 1 is 0.848 bits per heavy atom. The maximum absolute atomic E-state index is 12.5. The van der Waals surface area contributed by atoms with Crippen molar-refractivity contribution in [2.75, 3.05) is 49.5 Å². The molecule has 0 radical (unpaired) electrons. The summed E-state index contributed by atoms with van der Waals surface area (Å²) in [5.41, 5.74) is 2.85. The molecule has 7 nitrogen and oxygen atoms in total. The normalized spacial score (nSPS) is 14.0. The molecule has 33 heavy (non-hydrogen) atoms. The fourth-order valence-electron chi connectivity index (χ4n) is 3.91. The van der Waals surface area contributed by atoms with E-state index < -0.39 is 0 Å². The number of pyridine rings is 1. The number of hydrogen-bond donors (Lipinski definition) is 2. The summed E-state index contributed by atoms with van der Waals surface area (Å²) in [7, 11) is 0. The minimum atomic E-state index is -0.256. The molecule has 4 rings (SSSR count). The lowest BCUT2D eigenvalue weighted by Gasteiger charge is -2.36. The average Bonchev–Trinajstić information content (AvgIpc) is 2.88. The van der Waals surface area contributed by atoms with E-state index in [-0.39, 0.29) is 11.8 Å². The summed E-state index contributed by atoms with van der Waals surface area (Å²) in [6.45, 7) is 5.68. The maximum Gasteiger partial charge on any atom is 0.257 e. The van der Waals surface area contributed by atoms with Crippen molar-refractivity contribution in [3.05, 3.63) is 90.3 Å². The Hall–Kier alpha value is -3.71. The smallest absolute Gasteiger partial charge is 0.257 e. The van der Waals surface area contributed by atoms with E-state index in [1.165, 1.54) is 11.9 Å². The third-order valence-corrected chi connectivity index (χ3v) is 5.74. The second kappa shape index (κ2) is 11.2. The van der Waals surface area contributed by atoms with Gasteiger partial charge in [0, 0.05) is 62.1 Å². The lowest BCUT2D eigenvalue weighted by molar-refractivity contribution is 0.0950. The van der Waals surface area contributed by atoms with Gasteiger partial charge in [0.15, 0.2) is 0 Å². The van der Waals surface area contributed by atoms with Crippen molar-refractivity contribution in [1.82, 2.24) is 15.2 Å². The molecule has 1 aromatic heterocycles. The summed E-state index contributed by atoms with van der Waals surface area (Å²) >= 11 is 0. The van der Waals surface area contributed by atoms with Gasteiger partial charge in [0.05, 0.1) is 5.56 Å². The van der Waals surface area contributed by atoms with Gasteiger partial charge in [-0.1, -0.05) is 24.3 Å². The summed E-state index contributed by atoms with van der Waals surface area (Å²) < 4.78 is 0. The first-order valence-corrected chi connectivity index (χ1v) is 11.3. The van der Waals surface area contributed by atoms with E-state index in [1.54, 1.807) is 42.6 Å². The van der Waals surface area contributed by atoms with Crippen molar-refractivity contribution in [2.24, 2.45) is 0 Å². The Bertz CT molecular complexity index is 1050. The number of benzene rings is 2. The summed E-state index contributed by atoms with van der Waals surface area (Å²) in [4.78, 5) is 33.7. The van der Waals surface area contributed by atoms with Crippen LogP contribution in [0.4, 0.5) is 11.4 Å². The number of carbonyl (C=O) groups excluding carboxylic acids is 2. The second-order valence-electron chi connectivity index (χ2n) is 8.05. The number of carbonyl (C=O) groups is 2. The molecule has 1 aliphatic heterocycles. The van der Waals surface area contributed by atoms with Crippen LogP contribution in [0.3, 0.4) is 0 Å². The fourth-order valence-corrected chi connectivity index (χ4v) is 3.91. The van der Waals surface area contributed by atoms with Crippen LogP contribution in [0.15, 0.2) is 79.1 Å². The molecule has 170 valence electrons. The summed E-state index contributed by atoms with van der Waals surface area (Å²) in [6, 6.07) is 20.9.